The zero-order valence-electron chi connectivity index (χ0n) is 15.4. The number of fused-ring (bicyclic) bond motifs is 1. The van der Waals surface area contributed by atoms with Crippen molar-refractivity contribution in [2.45, 2.75) is 6.54 Å². The molecule has 0 atom stereocenters. The monoisotopic (exact) mass is 396 g/mol. The highest BCUT2D eigenvalue weighted by molar-refractivity contribution is 6.28. The number of hydrogen-bond acceptors (Lipinski definition) is 5. The summed E-state index contributed by atoms with van der Waals surface area (Å²) in [5, 5.41) is 6.57. The third kappa shape index (κ3) is 3.25. The van der Waals surface area contributed by atoms with Crippen molar-refractivity contribution in [3.8, 4) is 11.3 Å². The van der Waals surface area contributed by atoms with Gasteiger partial charge in [-0.2, -0.15) is 0 Å². The lowest BCUT2D eigenvalue weighted by molar-refractivity contribution is 0.612. The van der Waals surface area contributed by atoms with Gasteiger partial charge in [-0.15, -0.1) is 0 Å². The van der Waals surface area contributed by atoms with E-state index in [2.05, 4.69) is 20.6 Å². The number of nitrogens with one attached hydrogen (secondary N) is 2. The Morgan fingerprint density at radius 3 is 2.68 bits per heavy atom. The van der Waals surface area contributed by atoms with Gasteiger partial charge in [-0.05, 0) is 35.9 Å². The highest BCUT2D eigenvalue weighted by Gasteiger charge is 2.17. The van der Waals surface area contributed by atoms with Crippen molar-refractivity contribution in [2.75, 3.05) is 17.7 Å². The molecule has 4 rings (SSSR count). The maximum Gasteiger partial charge on any atom is 0.222 e. The summed E-state index contributed by atoms with van der Waals surface area (Å²) in [4.78, 5) is 13.1. The van der Waals surface area contributed by atoms with E-state index in [0.717, 1.165) is 22.3 Å². The van der Waals surface area contributed by atoms with Gasteiger partial charge < -0.3 is 15.2 Å². The van der Waals surface area contributed by atoms with Crippen molar-refractivity contribution < 1.29 is 4.39 Å². The van der Waals surface area contributed by atoms with Gasteiger partial charge >= 0.3 is 0 Å². The lowest BCUT2D eigenvalue weighted by Crippen LogP contribution is -2.06. The molecule has 2 aromatic heterocycles. The van der Waals surface area contributed by atoms with Crippen LogP contribution in [0.3, 0.4) is 0 Å². The van der Waals surface area contributed by atoms with Crippen LogP contribution in [0.1, 0.15) is 5.56 Å². The number of aryl methyl sites for hydroxylation is 1. The summed E-state index contributed by atoms with van der Waals surface area (Å²) in [6.07, 6.45) is 1.61. The van der Waals surface area contributed by atoms with Gasteiger partial charge in [-0.3, -0.25) is 0 Å². The Balaban J connectivity index is 1.80. The first kappa shape index (κ1) is 18.2. The van der Waals surface area contributed by atoms with Crippen LogP contribution in [0.2, 0.25) is 5.28 Å². The number of anilines is 2. The van der Waals surface area contributed by atoms with E-state index in [-0.39, 0.29) is 11.1 Å². The third-order valence-electron chi connectivity index (χ3n) is 4.60. The Morgan fingerprint density at radius 2 is 1.93 bits per heavy atom. The van der Waals surface area contributed by atoms with E-state index >= 15 is 0 Å². The Hall–Kier alpha value is -3.19. The summed E-state index contributed by atoms with van der Waals surface area (Å²) in [6.45, 7) is 0.331. The van der Waals surface area contributed by atoms with E-state index in [0.29, 0.717) is 23.8 Å². The molecule has 2 heterocycles. The van der Waals surface area contributed by atoms with Gasteiger partial charge in [0.25, 0.3) is 0 Å². The van der Waals surface area contributed by atoms with Gasteiger partial charge in [-0.25, -0.2) is 19.3 Å². The summed E-state index contributed by atoms with van der Waals surface area (Å²) in [5.74, 6) is 0.385. The van der Waals surface area contributed by atoms with Crippen molar-refractivity contribution in [3.63, 3.8) is 0 Å². The molecule has 0 saturated carbocycles. The average molecular weight is 397 g/mol. The predicted octanol–water partition coefficient (Wildman–Crippen LogP) is 4.48. The maximum atomic E-state index is 13.9. The maximum absolute atomic E-state index is 13.9. The summed E-state index contributed by atoms with van der Waals surface area (Å²) < 4.78 is 15.8. The fraction of sp³-hybridized carbons (Fsp3) is 0.150. The molecular weight excluding hydrogens is 379 g/mol. The molecule has 0 fully saturated rings. The lowest BCUT2D eigenvalue weighted by Gasteiger charge is -2.10. The van der Waals surface area contributed by atoms with Crippen molar-refractivity contribution in [1.82, 2.24) is 19.5 Å². The first-order valence-electron chi connectivity index (χ1n) is 8.72. The Bertz CT molecular complexity index is 1160. The number of benzene rings is 2. The standard InChI is InChI=1S/C20H18ClFN6/c1-23-14-7-8-16-18(17(14)15-9-10-24-19(21)26-15)27-20(28(16)2)25-11-12-5-3-4-6-13(12)22/h3-10,23H,11H2,1-2H3,(H,25,27). The van der Waals surface area contributed by atoms with Crippen LogP contribution in [0.25, 0.3) is 22.3 Å². The molecule has 0 spiro atoms. The molecule has 0 bridgehead atoms. The summed E-state index contributed by atoms with van der Waals surface area (Å²) >= 11 is 5.99. The first-order chi connectivity index (χ1) is 13.6. The molecular formula is C20H18ClFN6. The predicted molar refractivity (Wildman–Crippen MR) is 110 cm³/mol. The van der Waals surface area contributed by atoms with E-state index in [9.17, 15) is 4.39 Å². The quantitative estimate of drug-likeness (QED) is 0.487. The molecule has 0 aliphatic heterocycles. The average Bonchev–Trinajstić information content (AvgIpc) is 3.02. The number of rotatable bonds is 5. The molecule has 4 aromatic rings. The topological polar surface area (TPSA) is 67.7 Å². The van der Waals surface area contributed by atoms with Gasteiger partial charge in [0.1, 0.15) is 11.3 Å². The molecule has 2 aromatic carbocycles. The van der Waals surface area contributed by atoms with Gasteiger partial charge in [-0.1, -0.05) is 18.2 Å². The molecule has 6 nitrogen and oxygen atoms in total. The lowest BCUT2D eigenvalue weighted by atomic mass is 10.1. The second kappa shape index (κ2) is 7.44. The molecule has 0 aliphatic carbocycles. The zero-order chi connectivity index (χ0) is 19.7. The second-order valence-electron chi connectivity index (χ2n) is 6.26. The number of nitrogens with zero attached hydrogens (tertiary/aromatic N) is 4. The van der Waals surface area contributed by atoms with E-state index in [1.54, 1.807) is 24.4 Å². The van der Waals surface area contributed by atoms with Gasteiger partial charge in [0.05, 0.1) is 16.8 Å². The molecule has 0 aliphatic rings. The molecule has 8 heteroatoms. The highest BCUT2D eigenvalue weighted by Crippen LogP contribution is 2.35. The third-order valence-corrected chi connectivity index (χ3v) is 4.78. The van der Waals surface area contributed by atoms with Crippen molar-refractivity contribution >= 4 is 34.3 Å². The number of hydrogen-bond donors (Lipinski definition) is 2. The van der Waals surface area contributed by atoms with Gasteiger partial charge in [0, 0.05) is 38.1 Å². The van der Waals surface area contributed by atoms with E-state index < -0.39 is 0 Å². The van der Waals surface area contributed by atoms with Crippen molar-refractivity contribution in [3.05, 3.63) is 65.3 Å². The normalized spacial score (nSPS) is 11.0. The molecule has 142 valence electrons. The van der Waals surface area contributed by atoms with Crippen molar-refractivity contribution in [1.29, 1.82) is 0 Å². The van der Waals surface area contributed by atoms with E-state index in [4.69, 9.17) is 16.6 Å². The molecule has 0 unspecified atom stereocenters. The highest BCUT2D eigenvalue weighted by atomic mass is 35.5. The number of aromatic nitrogens is 4. The first-order valence-corrected chi connectivity index (χ1v) is 9.09. The smallest absolute Gasteiger partial charge is 0.222 e. The van der Waals surface area contributed by atoms with Crippen LogP contribution in [0.4, 0.5) is 16.0 Å². The fourth-order valence-electron chi connectivity index (χ4n) is 3.17. The molecule has 2 N–H and O–H groups in total. The Morgan fingerprint density at radius 1 is 1.11 bits per heavy atom. The van der Waals surface area contributed by atoms with E-state index in [1.165, 1.54) is 6.07 Å². The minimum Gasteiger partial charge on any atom is -0.388 e. The second-order valence-corrected chi connectivity index (χ2v) is 6.59. The van der Waals surface area contributed by atoms with Crippen LogP contribution >= 0.6 is 11.6 Å². The van der Waals surface area contributed by atoms with Crippen LogP contribution in [-0.4, -0.2) is 26.6 Å². The SMILES string of the molecule is CNc1ccc2c(nc(NCc3ccccc3F)n2C)c1-c1ccnc(Cl)n1. The summed E-state index contributed by atoms with van der Waals surface area (Å²) in [5.41, 5.74) is 4.64. The molecule has 28 heavy (non-hydrogen) atoms. The minimum atomic E-state index is -0.248. The van der Waals surface area contributed by atoms with Crippen LogP contribution < -0.4 is 10.6 Å². The Kier molecular flexibility index (Phi) is 4.83. The molecule has 0 saturated heterocycles. The van der Waals surface area contributed by atoms with Crippen LogP contribution in [0, 0.1) is 5.82 Å². The van der Waals surface area contributed by atoms with Crippen molar-refractivity contribution in [2.24, 2.45) is 7.05 Å². The van der Waals surface area contributed by atoms with Gasteiger partial charge in [0.2, 0.25) is 11.2 Å². The molecule has 0 amide bonds. The van der Waals surface area contributed by atoms with Gasteiger partial charge in [0.15, 0.2) is 0 Å². The van der Waals surface area contributed by atoms with Crippen LogP contribution in [-0.2, 0) is 13.6 Å². The zero-order valence-corrected chi connectivity index (χ0v) is 16.1. The van der Waals surface area contributed by atoms with Crippen LogP contribution in [0.15, 0.2) is 48.7 Å². The van der Waals surface area contributed by atoms with Crippen LogP contribution in [0.5, 0.6) is 0 Å². The largest absolute Gasteiger partial charge is 0.388 e. The van der Waals surface area contributed by atoms with E-state index in [1.807, 2.05) is 36.9 Å². The number of halogens is 2. The summed E-state index contributed by atoms with van der Waals surface area (Å²) in [6, 6.07) is 12.4. The number of imidazole rings is 1. The minimum absolute atomic E-state index is 0.172. The molecule has 0 radical (unpaired) electrons. The summed E-state index contributed by atoms with van der Waals surface area (Å²) in [7, 11) is 3.75. The fourth-order valence-corrected chi connectivity index (χ4v) is 3.32. The Labute approximate surface area is 166 Å².